The number of sulfonamides is 1. The highest BCUT2D eigenvalue weighted by molar-refractivity contribution is 7.89. The van der Waals surface area contributed by atoms with Gasteiger partial charge in [0.25, 0.3) is 0 Å². The molecule has 0 bridgehead atoms. The number of nitrogen functional groups attached to an aromatic ring is 1. The van der Waals surface area contributed by atoms with Gasteiger partial charge in [0.05, 0.1) is 29.7 Å². The van der Waals surface area contributed by atoms with Crippen LogP contribution in [0.4, 0.5) is 19.1 Å². The Balaban J connectivity index is 1.69. The fourth-order valence-electron chi connectivity index (χ4n) is 3.26. The highest BCUT2D eigenvalue weighted by Crippen LogP contribution is 2.42. The zero-order valence-electron chi connectivity index (χ0n) is 16.3. The smallest absolute Gasteiger partial charge is 0.378 e. The highest BCUT2D eigenvalue weighted by Gasteiger charge is 2.35. The number of nitrogens with zero attached hydrogens (tertiary/aromatic N) is 2. The van der Waals surface area contributed by atoms with Crippen molar-refractivity contribution in [3.63, 3.8) is 0 Å². The first-order valence-electron chi connectivity index (χ1n) is 9.30. The van der Waals surface area contributed by atoms with Crippen molar-refractivity contribution >= 4 is 27.6 Å². The number of hydrogen-bond donors (Lipinski definition) is 3. The molecule has 0 radical (unpaired) electrons. The molecule has 1 aromatic heterocycles. The van der Waals surface area contributed by atoms with Crippen LogP contribution in [0.25, 0.3) is 11.1 Å². The van der Waals surface area contributed by atoms with E-state index < -0.39 is 21.8 Å². The molecule has 1 saturated heterocycles. The number of ether oxygens (including phenoxy) is 1. The quantitative estimate of drug-likeness (QED) is 0.491. The Bertz CT molecular complexity index is 1240. The number of anilines is 1. The van der Waals surface area contributed by atoms with Crippen molar-refractivity contribution in [3.05, 3.63) is 58.4 Å². The number of alkyl halides is 3. The number of benzene rings is 2. The molecule has 0 aliphatic carbocycles. The van der Waals surface area contributed by atoms with Gasteiger partial charge >= 0.3 is 6.18 Å². The number of nitrogens with two attached hydrogens (primary N) is 1. The van der Waals surface area contributed by atoms with E-state index >= 15 is 0 Å². The van der Waals surface area contributed by atoms with E-state index in [9.17, 15) is 21.6 Å². The lowest BCUT2D eigenvalue weighted by molar-refractivity contribution is -0.137. The van der Waals surface area contributed by atoms with E-state index in [0.717, 1.165) is 6.07 Å². The molecular weight excluding hydrogens is 471 g/mol. The fraction of sp³-hybridized carbons (Fsp3) is 0.263. The van der Waals surface area contributed by atoms with Gasteiger partial charge in [0, 0.05) is 17.0 Å². The molecule has 3 aromatic rings. The van der Waals surface area contributed by atoms with Crippen LogP contribution in [0.15, 0.2) is 41.3 Å². The van der Waals surface area contributed by atoms with Gasteiger partial charge in [-0.15, -0.1) is 5.10 Å². The number of nitrogens with one attached hydrogen (secondary N) is 2. The van der Waals surface area contributed by atoms with Gasteiger partial charge in [0.1, 0.15) is 5.82 Å². The molecule has 0 atom stereocenters. The minimum Gasteiger partial charge on any atom is -0.378 e. The van der Waals surface area contributed by atoms with Gasteiger partial charge in [-0.25, -0.2) is 13.1 Å². The van der Waals surface area contributed by atoms with Crippen LogP contribution in [0.1, 0.15) is 17.0 Å². The summed E-state index contributed by atoms with van der Waals surface area (Å²) in [6.07, 6.45) is -4.69. The Labute approximate surface area is 186 Å². The van der Waals surface area contributed by atoms with Crippen LogP contribution in [0.2, 0.25) is 5.02 Å². The van der Waals surface area contributed by atoms with Gasteiger partial charge in [-0.3, -0.25) is 5.10 Å². The van der Waals surface area contributed by atoms with Crippen molar-refractivity contribution in [2.45, 2.75) is 23.5 Å². The Morgan fingerprint density at radius 1 is 1.22 bits per heavy atom. The molecule has 13 heteroatoms. The number of hydrogen-bond acceptors (Lipinski definition) is 6. The second kappa shape index (κ2) is 8.35. The van der Waals surface area contributed by atoms with Crippen molar-refractivity contribution < 1.29 is 26.3 Å². The molecule has 1 fully saturated rings. The lowest BCUT2D eigenvalue weighted by Crippen LogP contribution is -2.48. The SMILES string of the molecule is Nc1n[nH]c(Cc2cc(Cl)c(-c3ccc(S(=O)(=O)NC4COC4)cc3)c(C(F)(F)F)c2)n1. The van der Waals surface area contributed by atoms with Crippen molar-refractivity contribution in [2.75, 3.05) is 18.9 Å². The highest BCUT2D eigenvalue weighted by atomic mass is 35.5. The number of aromatic amines is 1. The minimum absolute atomic E-state index is 0.0149. The topological polar surface area (TPSA) is 123 Å². The van der Waals surface area contributed by atoms with Crippen molar-refractivity contribution in [1.82, 2.24) is 19.9 Å². The van der Waals surface area contributed by atoms with Gasteiger partial charge in [-0.1, -0.05) is 23.7 Å². The van der Waals surface area contributed by atoms with Crippen LogP contribution in [-0.4, -0.2) is 42.9 Å². The van der Waals surface area contributed by atoms with Crippen LogP contribution < -0.4 is 10.5 Å². The summed E-state index contributed by atoms with van der Waals surface area (Å²) in [5, 5.41) is 6.05. The van der Waals surface area contributed by atoms with Gasteiger partial charge in [-0.05, 0) is 35.4 Å². The van der Waals surface area contributed by atoms with Gasteiger partial charge in [-0.2, -0.15) is 18.2 Å². The zero-order chi connectivity index (χ0) is 23.1. The molecule has 1 aliphatic rings. The van der Waals surface area contributed by atoms with E-state index in [2.05, 4.69) is 19.9 Å². The maximum absolute atomic E-state index is 13.9. The Hall–Kier alpha value is -2.67. The second-order valence-corrected chi connectivity index (χ2v) is 9.32. The normalized spacial score (nSPS) is 15.0. The molecule has 0 amide bonds. The maximum Gasteiger partial charge on any atom is 0.417 e. The van der Waals surface area contributed by atoms with Gasteiger partial charge in [0.15, 0.2) is 0 Å². The molecule has 170 valence electrons. The third-order valence-corrected chi connectivity index (χ3v) is 6.62. The molecular formula is C19H17ClF3N5O3S. The number of halogens is 4. The van der Waals surface area contributed by atoms with Crippen LogP contribution in [-0.2, 0) is 27.4 Å². The van der Waals surface area contributed by atoms with Gasteiger partial charge < -0.3 is 10.5 Å². The maximum atomic E-state index is 13.9. The predicted molar refractivity (Wildman–Crippen MR) is 110 cm³/mol. The fourth-order valence-corrected chi connectivity index (χ4v) is 4.81. The molecule has 2 heterocycles. The molecule has 32 heavy (non-hydrogen) atoms. The van der Waals surface area contributed by atoms with E-state index in [-0.39, 0.29) is 58.2 Å². The lowest BCUT2D eigenvalue weighted by atomic mass is 9.96. The summed E-state index contributed by atoms with van der Waals surface area (Å²) in [6, 6.07) is 7.10. The average Bonchev–Trinajstić information content (AvgIpc) is 3.08. The standard InChI is InChI=1S/C19H17ClF3N5O3S/c20-15-6-10(7-16-25-18(24)27-26-16)5-14(19(21,22)23)17(15)11-1-3-13(4-2-11)32(29,30)28-12-8-31-9-12/h1-6,12,28H,7-9H2,(H3,24,25,26,27). The van der Waals surface area contributed by atoms with Gasteiger partial charge in [0.2, 0.25) is 16.0 Å². The summed E-state index contributed by atoms with van der Waals surface area (Å²) < 4.78 is 73.8. The minimum atomic E-state index is -4.70. The third kappa shape index (κ3) is 4.72. The molecule has 0 spiro atoms. The monoisotopic (exact) mass is 487 g/mol. The Morgan fingerprint density at radius 2 is 1.91 bits per heavy atom. The molecule has 0 unspecified atom stereocenters. The summed E-state index contributed by atoms with van der Waals surface area (Å²) in [5.74, 6) is 0.270. The largest absolute Gasteiger partial charge is 0.417 e. The van der Waals surface area contributed by atoms with Crippen LogP contribution in [0.5, 0.6) is 0 Å². The average molecular weight is 488 g/mol. The molecule has 4 N–H and O–H groups in total. The summed E-state index contributed by atoms with van der Waals surface area (Å²) >= 11 is 6.26. The number of H-pyrrole nitrogens is 1. The summed E-state index contributed by atoms with van der Waals surface area (Å²) in [7, 11) is -3.82. The van der Waals surface area contributed by atoms with E-state index in [4.69, 9.17) is 22.1 Å². The number of aromatic nitrogens is 3. The van der Waals surface area contributed by atoms with Crippen LogP contribution in [0.3, 0.4) is 0 Å². The molecule has 0 saturated carbocycles. The molecule has 1 aliphatic heterocycles. The first kappa shape index (κ1) is 22.5. The first-order valence-corrected chi connectivity index (χ1v) is 11.2. The molecule has 4 rings (SSSR count). The van der Waals surface area contributed by atoms with Crippen molar-refractivity contribution in [3.8, 4) is 11.1 Å². The van der Waals surface area contributed by atoms with E-state index in [1.54, 1.807) is 0 Å². The Morgan fingerprint density at radius 3 is 2.44 bits per heavy atom. The third-order valence-electron chi connectivity index (χ3n) is 4.79. The predicted octanol–water partition coefficient (Wildman–Crippen LogP) is 2.99. The molecule has 2 aromatic carbocycles. The van der Waals surface area contributed by atoms with Crippen LogP contribution >= 0.6 is 11.6 Å². The van der Waals surface area contributed by atoms with E-state index in [0.29, 0.717) is 5.82 Å². The Kier molecular flexibility index (Phi) is 5.88. The first-order chi connectivity index (χ1) is 15.0. The van der Waals surface area contributed by atoms with Crippen molar-refractivity contribution in [2.24, 2.45) is 0 Å². The lowest BCUT2D eigenvalue weighted by Gasteiger charge is -2.26. The summed E-state index contributed by atoms with van der Waals surface area (Å²) in [4.78, 5) is 3.82. The van der Waals surface area contributed by atoms with E-state index in [1.807, 2.05) is 0 Å². The zero-order valence-corrected chi connectivity index (χ0v) is 17.9. The molecule has 8 nitrogen and oxygen atoms in total. The summed E-state index contributed by atoms with van der Waals surface area (Å²) in [5.41, 5.74) is 4.62. The van der Waals surface area contributed by atoms with Crippen LogP contribution in [0, 0.1) is 0 Å². The second-order valence-electron chi connectivity index (χ2n) is 7.20. The number of rotatable bonds is 6. The van der Waals surface area contributed by atoms with E-state index in [1.165, 1.54) is 30.3 Å². The summed E-state index contributed by atoms with van der Waals surface area (Å²) in [6.45, 7) is 0.545. The van der Waals surface area contributed by atoms with Crippen molar-refractivity contribution in [1.29, 1.82) is 0 Å².